The summed E-state index contributed by atoms with van der Waals surface area (Å²) in [6.07, 6.45) is -4.29. The molecule has 2 aromatic rings. The number of hydrogen-bond donors (Lipinski definition) is 0. The first kappa shape index (κ1) is 12.7. The first-order valence-corrected chi connectivity index (χ1v) is 5.64. The van der Waals surface area contributed by atoms with Crippen LogP contribution in [0.15, 0.2) is 42.5 Å². The summed E-state index contributed by atoms with van der Waals surface area (Å²) in [4.78, 5) is 0. The Morgan fingerprint density at radius 2 is 1.39 bits per heavy atom. The standard InChI is InChI=1S/C15H13F3/c1-10-11(2)14(15(16,17)18)9-8-13(10)12-6-4-3-5-7-12/h3-9H,1-2H3. The highest BCUT2D eigenvalue weighted by Gasteiger charge is 2.33. The highest BCUT2D eigenvalue weighted by Crippen LogP contribution is 2.36. The molecule has 0 fully saturated rings. The van der Waals surface area contributed by atoms with Crippen LogP contribution >= 0.6 is 0 Å². The Morgan fingerprint density at radius 1 is 0.778 bits per heavy atom. The molecule has 2 aromatic carbocycles. The quantitative estimate of drug-likeness (QED) is 0.669. The zero-order chi connectivity index (χ0) is 13.3. The topological polar surface area (TPSA) is 0 Å². The van der Waals surface area contributed by atoms with Crippen molar-refractivity contribution in [3.63, 3.8) is 0 Å². The Morgan fingerprint density at radius 3 is 1.94 bits per heavy atom. The van der Waals surface area contributed by atoms with Crippen LogP contribution in [0.4, 0.5) is 13.2 Å². The molecule has 0 amide bonds. The van der Waals surface area contributed by atoms with Gasteiger partial charge in [0.25, 0.3) is 0 Å². The lowest BCUT2D eigenvalue weighted by Crippen LogP contribution is -2.08. The monoisotopic (exact) mass is 250 g/mol. The van der Waals surface area contributed by atoms with E-state index in [0.29, 0.717) is 11.1 Å². The Balaban J connectivity index is 2.58. The van der Waals surface area contributed by atoms with Gasteiger partial charge in [-0.1, -0.05) is 36.4 Å². The molecular weight excluding hydrogens is 237 g/mol. The summed E-state index contributed by atoms with van der Waals surface area (Å²) in [6.45, 7) is 3.25. The molecule has 0 atom stereocenters. The van der Waals surface area contributed by atoms with Gasteiger partial charge in [-0.3, -0.25) is 0 Å². The largest absolute Gasteiger partial charge is 0.416 e. The summed E-state index contributed by atoms with van der Waals surface area (Å²) in [6, 6.07) is 12.1. The lowest BCUT2D eigenvalue weighted by atomic mass is 9.93. The van der Waals surface area contributed by atoms with Crippen LogP contribution in [0.2, 0.25) is 0 Å². The van der Waals surface area contributed by atoms with Crippen molar-refractivity contribution in [2.75, 3.05) is 0 Å². The van der Waals surface area contributed by atoms with E-state index in [1.807, 2.05) is 30.3 Å². The van der Waals surface area contributed by atoms with Crippen molar-refractivity contribution < 1.29 is 13.2 Å². The molecule has 0 heterocycles. The van der Waals surface area contributed by atoms with Crippen LogP contribution < -0.4 is 0 Å². The molecule has 0 nitrogen and oxygen atoms in total. The Labute approximate surface area is 104 Å². The number of rotatable bonds is 1. The summed E-state index contributed by atoms with van der Waals surface area (Å²) in [5.74, 6) is 0. The van der Waals surface area contributed by atoms with Gasteiger partial charge in [-0.05, 0) is 42.2 Å². The second-order valence-corrected chi connectivity index (χ2v) is 4.27. The fourth-order valence-electron chi connectivity index (χ4n) is 2.06. The lowest BCUT2D eigenvalue weighted by molar-refractivity contribution is -0.138. The Kier molecular flexibility index (Phi) is 3.16. The molecule has 0 saturated heterocycles. The van der Waals surface area contributed by atoms with Gasteiger partial charge in [0.15, 0.2) is 0 Å². The van der Waals surface area contributed by atoms with Gasteiger partial charge in [0, 0.05) is 0 Å². The molecule has 0 unspecified atom stereocenters. The third-order valence-corrected chi connectivity index (χ3v) is 3.18. The first-order valence-electron chi connectivity index (χ1n) is 5.64. The van der Waals surface area contributed by atoms with Crippen LogP contribution in [0.25, 0.3) is 11.1 Å². The first-order chi connectivity index (χ1) is 8.41. The molecule has 0 spiro atoms. The summed E-state index contributed by atoms with van der Waals surface area (Å²) >= 11 is 0. The van der Waals surface area contributed by atoms with E-state index < -0.39 is 11.7 Å². The van der Waals surface area contributed by atoms with E-state index in [2.05, 4.69) is 0 Å². The Hall–Kier alpha value is -1.77. The summed E-state index contributed by atoms with van der Waals surface area (Å²) < 4.78 is 38.3. The number of hydrogen-bond acceptors (Lipinski definition) is 0. The van der Waals surface area contributed by atoms with Crippen molar-refractivity contribution in [3.8, 4) is 11.1 Å². The van der Waals surface area contributed by atoms with Crippen LogP contribution in [0.3, 0.4) is 0 Å². The number of alkyl halides is 3. The van der Waals surface area contributed by atoms with E-state index in [-0.39, 0.29) is 0 Å². The predicted octanol–water partition coefficient (Wildman–Crippen LogP) is 4.99. The minimum atomic E-state index is -4.29. The fourth-order valence-corrected chi connectivity index (χ4v) is 2.06. The second-order valence-electron chi connectivity index (χ2n) is 4.27. The van der Waals surface area contributed by atoms with Gasteiger partial charge in [0.2, 0.25) is 0 Å². The van der Waals surface area contributed by atoms with Gasteiger partial charge >= 0.3 is 6.18 Å². The third kappa shape index (κ3) is 2.26. The minimum Gasteiger partial charge on any atom is -0.166 e. The van der Waals surface area contributed by atoms with Crippen LogP contribution in [-0.2, 0) is 6.18 Å². The van der Waals surface area contributed by atoms with E-state index in [1.165, 1.54) is 6.92 Å². The Bertz CT molecular complexity index is 554. The van der Waals surface area contributed by atoms with Gasteiger partial charge in [0.1, 0.15) is 0 Å². The maximum Gasteiger partial charge on any atom is 0.416 e. The highest BCUT2D eigenvalue weighted by molar-refractivity contribution is 5.69. The summed E-state index contributed by atoms with van der Waals surface area (Å²) in [5, 5.41) is 0. The van der Waals surface area contributed by atoms with Gasteiger partial charge < -0.3 is 0 Å². The average Bonchev–Trinajstić information content (AvgIpc) is 2.32. The van der Waals surface area contributed by atoms with Crippen LogP contribution in [0.1, 0.15) is 16.7 Å². The molecule has 0 aliphatic carbocycles. The molecule has 0 aromatic heterocycles. The molecule has 0 bridgehead atoms. The molecule has 3 heteroatoms. The van der Waals surface area contributed by atoms with Gasteiger partial charge in [-0.2, -0.15) is 13.2 Å². The molecule has 94 valence electrons. The van der Waals surface area contributed by atoms with E-state index >= 15 is 0 Å². The normalized spacial score (nSPS) is 11.6. The summed E-state index contributed by atoms with van der Waals surface area (Å²) in [5.41, 5.74) is 2.20. The van der Waals surface area contributed by atoms with E-state index in [1.54, 1.807) is 13.0 Å². The zero-order valence-electron chi connectivity index (χ0n) is 10.2. The fraction of sp³-hybridized carbons (Fsp3) is 0.200. The molecule has 2 rings (SSSR count). The maximum atomic E-state index is 12.8. The van der Waals surface area contributed by atoms with Crippen molar-refractivity contribution >= 4 is 0 Å². The highest BCUT2D eigenvalue weighted by atomic mass is 19.4. The van der Waals surface area contributed by atoms with Crippen molar-refractivity contribution in [3.05, 3.63) is 59.2 Å². The second kappa shape index (κ2) is 4.48. The smallest absolute Gasteiger partial charge is 0.166 e. The summed E-state index contributed by atoms with van der Waals surface area (Å²) in [7, 11) is 0. The van der Waals surface area contributed by atoms with Crippen LogP contribution in [-0.4, -0.2) is 0 Å². The van der Waals surface area contributed by atoms with Crippen molar-refractivity contribution in [2.45, 2.75) is 20.0 Å². The molecule has 0 radical (unpaired) electrons. The molecule has 0 aliphatic heterocycles. The van der Waals surface area contributed by atoms with Gasteiger partial charge in [-0.25, -0.2) is 0 Å². The maximum absolute atomic E-state index is 12.8. The molecule has 0 saturated carbocycles. The lowest BCUT2D eigenvalue weighted by Gasteiger charge is -2.15. The minimum absolute atomic E-state index is 0.295. The van der Waals surface area contributed by atoms with E-state index in [0.717, 1.165) is 17.2 Å². The molecule has 0 aliphatic rings. The average molecular weight is 250 g/mol. The van der Waals surface area contributed by atoms with E-state index in [4.69, 9.17) is 0 Å². The van der Waals surface area contributed by atoms with Gasteiger partial charge in [-0.15, -0.1) is 0 Å². The zero-order valence-corrected chi connectivity index (χ0v) is 10.2. The molecular formula is C15H13F3. The van der Waals surface area contributed by atoms with Crippen LogP contribution in [0.5, 0.6) is 0 Å². The van der Waals surface area contributed by atoms with Crippen molar-refractivity contribution in [2.24, 2.45) is 0 Å². The predicted molar refractivity (Wildman–Crippen MR) is 66.4 cm³/mol. The SMILES string of the molecule is Cc1c(-c2ccccc2)ccc(C(F)(F)F)c1C. The molecule has 0 N–H and O–H groups in total. The van der Waals surface area contributed by atoms with Crippen molar-refractivity contribution in [1.82, 2.24) is 0 Å². The van der Waals surface area contributed by atoms with Gasteiger partial charge in [0.05, 0.1) is 5.56 Å². The van der Waals surface area contributed by atoms with Crippen molar-refractivity contribution in [1.29, 1.82) is 0 Å². The third-order valence-electron chi connectivity index (χ3n) is 3.18. The molecule has 18 heavy (non-hydrogen) atoms. The van der Waals surface area contributed by atoms with E-state index in [9.17, 15) is 13.2 Å². The van der Waals surface area contributed by atoms with Crippen LogP contribution in [0, 0.1) is 13.8 Å². The number of benzene rings is 2. The number of halogens is 3.